The second kappa shape index (κ2) is 13.4. The van der Waals surface area contributed by atoms with E-state index < -0.39 is 18.6 Å². The van der Waals surface area contributed by atoms with Gasteiger partial charge in [0.15, 0.2) is 6.10 Å². The summed E-state index contributed by atoms with van der Waals surface area (Å²) in [5, 5.41) is 0. The zero-order chi connectivity index (χ0) is 22.0. The lowest BCUT2D eigenvalue weighted by atomic mass is 10.0. The molecule has 1 aliphatic rings. The van der Waals surface area contributed by atoms with E-state index in [0.29, 0.717) is 26.4 Å². The molecular weight excluding hydrogens is 468 g/mol. The van der Waals surface area contributed by atoms with Gasteiger partial charge in [-0.05, 0) is 16.7 Å². The van der Waals surface area contributed by atoms with Crippen molar-refractivity contribution in [3.63, 3.8) is 0 Å². The number of hydrogen-bond acceptors (Lipinski definition) is 4. The first-order valence-corrected chi connectivity index (χ1v) is 10.6. The summed E-state index contributed by atoms with van der Waals surface area (Å²) >= 11 is 0. The van der Waals surface area contributed by atoms with Crippen LogP contribution in [0, 0.1) is 6.61 Å². The molecular formula is C27H29BrO4. The molecule has 1 aliphatic heterocycles. The van der Waals surface area contributed by atoms with Crippen LogP contribution in [-0.2, 0) is 38.8 Å². The highest BCUT2D eigenvalue weighted by Crippen LogP contribution is 2.26. The standard InChI is InChI=1S/C27H29O4.BrH/c1-4-10-22(11-5-1)18-28-21-26-27(31-20-24-14-8-3-9-15-24)25(16-17-29-26)30-19-23-12-6-2-7-13-23;/h1-15,17,25-27H,16,18-21H2;1H/q+1;/p-1/t25-,26-,27+;/m1./s1/i16D;/t16-,25+,26+,27-;/m0.. The third-order valence-corrected chi connectivity index (χ3v) is 5.18. The average molecular weight is 498 g/mol. The molecule has 0 amide bonds. The molecule has 0 bridgehead atoms. The van der Waals surface area contributed by atoms with Crippen LogP contribution >= 0.6 is 0 Å². The molecule has 0 unspecified atom stereocenters. The van der Waals surface area contributed by atoms with E-state index in [4.69, 9.17) is 20.3 Å². The van der Waals surface area contributed by atoms with Crippen LogP contribution in [0.25, 0.3) is 0 Å². The Morgan fingerprint density at radius 1 is 0.750 bits per heavy atom. The molecule has 0 spiro atoms. The molecule has 0 radical (unpaired) electrons. The summed E-state index contributed by atoms with van der Waals surface area (Å²) in [6.07, 6.45) is -1.89. The maximum Gasteiger partial charge on any atom is 0.230 e. The number of rotatable bonds is 10. The van der Waals surface area contributed by atoms with Gasteiger partial charge >= 0.3 is 0 Å². The SMILES string of the molecule is [2H][C@H]1[CH+]O[C@H](COCc2ccccc2)[C@@H](OCc2ccccc2)[C@@H]1OCc1ccccc1.[Br-]. The Labute approximate surface area is 202 Å². The second-order valence-corrected chi connectivity index (χ2v) is 7.53. The van der Waals surface area contributed by atoms with Crippen LogP contribution in [-0.4, -0.2) is 24.9 Å². The van der Waals surface area contributed by atoms with Crippen molar-refractivity contribution in [1.29, 1.82) is 0 Å². The molecule has 3 aromatic rings. The van der Waals surface area contributed by atoms with Gasteiger partial charge in [-0.15, -0.1) is 0 Å². The summed E-state index contributed by atoms with van der Waals surface area (Å²) in [4.78, 5) is 0. The molecule has 4 nitrogen and oxygen atoms in total. The predicted molar refractivity (Wildman–Crippen MR) is 120 cm³/mol. The summed E-state index contributed by atoms with van der Waals surface area (Å²) in [7, 11) is 0. The fraction of sp³-hybridized carbons (Fsp3) is 0.296. The van der Waals surface area contributed by atoms with Crippen molar-refractivity contribution in [2.24, 2.45) is 0 Å². The smallest absolute Gasteiger partial charge is 0.230 e. The highest BCUT2D eigenvalue weighted by molar-refractivity contribution is 5.15. The van der Waals surface area contributed by atoms with Gasteiger partial charge in [0.05, 0.1) is 27.8 Å². The van der Waals surface area contributed by atoms with Crippen molar-refractivity contribution >= 4 is 0 Å². The molecule has 3 aromatic carbocycles. The molecule has 1 fully saturated rings. The van der Waals surface area contributed by atoms with Gasteiger partial charge in [0, 0.05) is 0 Å². The van der Waals surface area contributed by atoms with Crippen molar-refractivity contribution < 1.29 is 37.3 Å². The molecule has 1 saturated heterocycles. The Morgan fingerprint density at radius 3 is 1.81 bits per heavy atom. The first-order chi connectivity index (χ1) is 15.8. The van der Waals surface area contributed by atoms with Crippen molar-refractivity contribution in [2.45, 2.75) is 44.5 Å². The van der Waals surface area contributed by atoms with Gasteiger partial charge in [-0.1, -0.05) is 91.0 Å². The minimum atomic E-state index is -0.648. The maximum absolute atomic E-state index is 8.48. The fourth-order valence-corrected chi connectivity index (χ4v) is 3.51. The molecule has 4 atom stereocenters. The monoisotopic (exact) mass is 497 g/mol. The van der Waals surface area contributed by atoms with E-state index in [2.05, 4.69) is 0 Å². The molecule has 4 rings (SSSR count). The van der Waals surface area contributed by atoms with Crippen LogP contribution in [0.2, 0.25) is 0 Å². The minimum absolute atomic E-state index is 0. The Hall–Kier alpha value is -2.15. The van der Waals surface area contributed by atoms with E-state index in [1.54, 1.807) is 0 Å². The van der Waals surface area contributed by atoms with Crippen molar-refractivity contribution in [3.8, 4) is 0 Å². The first-order valence-electron chi connectivity index (χ1n) is 11.2. The average Bonchev–Trinajstić information content (AvgIpc) is 2.85. The number of halogens is 1. The molecule has 0 aliphatic carbocycles. The van der Waals surface area contributed by atoms with Crippen LogP contribution in [0.3, 0.4) is 0 Å². The van der Waals surface area contributed by atoms with E-state index in [9.17, 15) is 0 Å². The fourth-order valence-electron chi connectivity index (χ4n) is 3.51. The van der Waals surface area contributed by atoms with Crippen LogP contribution in [0.1, 0.15) is 24.5 Å². The quantitative estimate of drug-likeness (QED) is 0.403. The van der Waals surface area contributed by atoms with Gasteiger partial charge in [0.1, 0.15) is 18.6 Å². The Kier molecular flexibility index (Phi) is 9.65. The lowest BCUT2D eigenvalue weighted by Gasteiger charge is -2.33. The van der Waals surface area contributed by atoms with Gasteiger partial charge in [-0.25, -0.2) is 0 Å². The molecule has 5 heteroatoms. The van der Waals surface area contributed by atoms with Crippen LogP contribution in [0.4, 0.5) is 0 Å². The Balaban J connectivity index is 0.00000306. The molecule has 0 saturated carbocycles. The molecule has 168 valence electrons. The van der Waals surface area contributed by atoms with Crippen LogP contribution in [0.15, 0.2) is 91.0 Å². The Morgan fingerprint density at radius 2 is 1.25 bits per heavy atom. The highest BCUT2D eigenvalue weighted by Gasteiger charge is 2.41. The van der Waals surface area contributed by atoms with E-state index in [-0.39, 0.29) is 23.1 Å². The zero-order valence-corrected chi connectivity index (χ0v) is 19.5. The van der Waals surface area contributed by atoms with Gasteiger partial charge in [-0.2, -0.15) is 4.74 Å². The van der Waals surface area contributed by atoms with Gasteiger partial charge in [-0.3, -0.25) is 0 Å². The van der Waals surface area contributed by atoms with Crippen molar-refractivity contribution in [3.05, 3.63) is 114 Å². The highest BCUT2D eigenvalue weighted by atomic mass is 79.9. The molecule has 1 heterocycles. The van der Waals surface area contributed by atoms with Crippen molar-refractivity contribution in [1.82, 2.24) is 0 Å². The number of benzene rings is 3. The zero-order valence-electron chi connectivity index (χ0n) is 18.9. The summed E-state index contributed by atoms with van der Waals surface area (Å²) in [5.41, 5.74) is 3.23. The van der Waals surface area contributed by atoms with Gasteiger partial charge in [0.2, 0.25) is 6.61 Å². The Bertz CT molecular complexity index is 913. The van der Waals surface area contributed by atoms with E-state index in [1.807, 2.05) is 91.0 Å². The third-order valence-electron chi connectivity index (χ3n) is 5.18. The first kappa shape index (κ1) is 23.0. The predicted octanol–water partition coefficient (Wildman–Crippen LogP) is 2.33. The molecule has 0 aromatic heterocycles. The largest absolute Gasteiger partial charge is 1.00 e. The summed E-state index contributed by atoms with van der Waals surface area (Å²) in [6.45, 7) is 3.21. The van der Waals surface area contributed by atoms with Crippen LogP contribution < -0.4 is 17.0 Å². The topological polar surface area (TPSA) is 36.9 Å². The normalized spacial score (nSPS) is 22.9. The summed E-state index contributed by atoms with van der Waals surface area (Å²) in [5.74, 6) is 0. The summed E-state index contributed by atoms with van der Waals surface area (Å²) in [6, 6.07) is 30.0. The van der Waals surface area contributed by atoms with E-state index >= 15 is 0 Å². The maximum atomic E-state index is 8.48. The van der Waals surface area contributed by atoms with E-state index in [0.717, 1.165) is 16.7 Å². The summed E-state index contributed by atoms with van der Waals surface area (Å²) < 4.78 is 32.8. The second-order valence-electron chi connectivity index (χ2n) is 7.53. The van der Waals surface area contributed by atoms with Crippen molar-refractivity contribution in [2.75, 3.05) is 6.61 Å². The van der Waals surface area contributed by atoms with Crippen LogP contribution in [0.5, 0.6) is 0 Å². The number of hydrogen-bond donors (Lipinski definition) is 0. The lowest BCUT2D eigenvalue weighted by Crippen LogP contribution is -3.00. The lowest BCUT2D eigenvalue weighted by molar-refractivity contribution is -0.181. The van der Waals surface area contributed by atoms with Gasteiger partial charge in [0.25, 0.3) is 0 Å². The molecule has 0 N–H and O–H groups in total. The van der Waals surface area contributed by atoms with E-state index in [1.165, 1.54) is 6.61 Å². The van der Waals surface area contributed by atoms with Gasteiger partial charge < -0.3 is 31.2 Å². The third kappa shape index (κ3) is 7.47. The number of ether oxygens (including phenoxy) is 4. The minimum Gasteiger partial charge on any atom is -1.00 e. The molecule has 32 heavy (non-hydrogen) atoms.